The molecule has 2 rings (SSSR count). The zero-order chi connectivity index (χ0) is 13.9. The van der Waals surface area contributed by atoms with E-state index in [1.165, 1.54) is 18.6 Å². The Balaban J connectivity index is 2.04. The maximum absolute atomic E-state index is 12.9. The molecule has 0 amide bonds. The molecule has 0 aliphatic heterocycles. The zero-order valence-electron chi connectivity index (χ0n) is 11.1. The largest absolute Gasteiger partial charge is 0.418 e. The van der Waals surface area contributed by atoms with E-state index in [1.807, 2.05) is 0 Å². The molecule has 1 aliphatic carbocycles. The molecule has 0 bridgehead atoms. The fraction of sp³-hybridized carbons (Fsp3) is 0.600. The standard InChI is InChI=1S/C15H20F3N/c1-2-11-7-9-12(10-8-11)19-14-6-4-3-5-13(14)15(16,17)18/h3-6,11-12,19H,2,7-10H2,1H3. The lowest BCUT2D eigenvalue weighted by molar-refractivity contribution is -0.137. The molecular weight excluding hydrogens is 251 g/mol. The van der Waals surface area contributed by atoms with Gasteiger partial charge in [0.05, 0.1) is 5.56 Å². The Morgan fingerprint density at radius 1 is 1.11 bits per heavy atom. The second kappa shape index (κ2) is 5.85. The van der Waals surface area contributed by atoms with E-state index in [1.54, 1.807) is 6.07 Å². The lowest BCUT2D eigenvalue weighted by Crippen LogP contribution is -2.27. The number of para-hydroxylation sites is 1. The first-order valence-electron chi connectivity index (χ1n) is 6.93. The number of rotatable bonds is 3. The van der Waals surface area contributed by atoms with Gasteiger partial charge in [0.1, 0.15) is 0 Å². The molecule has 0 saturated heterocycles. The Hall–Kier alpha value is -1.19. The van der Waals surface area contributed by atoms with Gasteiger partial charge in [-0.2, -0.15) is 13.2 Å². The van der Waals surface area contributed by atoms with Crippen molar-refractivity contribution in [3.8, 4) is 0 Å². The summed E-state index contributed by atoms with van der Waals surface area (Å²) in [6.07, 6.45) is 1.04. The molecule has 1 fully saturated rings. The molecule has 1 N–H and O–H groups in total. The van der Waals surface area contributed by atoms with Gasteiger partial charge in [-0.1, -0.05) is 25.5 Å². The van der Waals surface area contributed by atoms with Crippen molar-refractivity contribution in [2.24, 2.45) is 5.92 Å². The average Bonchev–Trinajstić information content (AvgIpc) is 2.39. The molecule has 0 atom stereocenters. The summed E-state index contributed by atoms with van der Waals surface area (Å²) < 4.78 is 38.6. The minimum atomic E-state index is -4.29. The maximum Gasteiger partial charge on any atom is 0.418 e. The maximum atomic E-state index is 12.9. The van der Waals surface area contributed by atoms with Crippen LogP contribution in [-0.4, -0.2) is 6.04 Å². The van der Waals surface area contributed by atoms with E-state index in [0.717, 1.165) is 37.7 Å². The Bertz CT molecular complexity index is 406. The summed E-state index contributed by atoms with van der Waals surface area (Å²) in [7, 11) is 0. The highest BCUT2D eigenvalue weighted by Gasteiger charge is 2.33. The molecule has 4 heteroatoms. The third-order valence-electron chi connectivity index (χ3n) is 4.02. The zero-order valence-corrected chi connectivity index (χ0v) is 11.1. The number of alkyl halides is 3. The van der Waals surface area contributed by atoms with Crippen LogP contribution in [0.4, 0.5) is 18.9 Å². The molecular formula is C15H20F3N. The molecule has 1 aliphatic rings. The summed E-state index contributed by atoms with van der Waals surface area (Å²) >= 11 is 0. The number of hydrogen-bond acceptors (Lipinski definition) is 1. The third kappa shape index (κ3) is 3.64. The average molecular weight is 271 g/mol. The van der Waals surface area contributed by atoms with E-state index in [0.29, 0.717) is 0 Å². The van der Waals surface area contributed by atoms with E-state index < -0.39 is 11.7 Å². The normalized spacial score (nSPS) is 24.2. The fourth-order valence-electron chi connectivity index (χ4n) is 2.79. The quantitative estimate of drug-likeness (QED) is 0.807. The van der Waals surface area contributed by atoms with E-state index >= 15 is 0 Å². The molecule has 19 heavy (non-hydrogen) atoms. The number of hydrogen-bond donors (Lipinski definition) is 1. The summed E-state index contributed by atoms with van der Waals surface area (Å²) in [5.41, 5.74) is -0.345. The van der Waals surface area contributed by atoms with Crippen LogP contribution in [0.2, 0.25) is 0 Å². The van der Waals surface area contributed by atoms with E-state index in [-0.39, 0.29) is 11.7 Å². The van der Waals surface area contributed by atoms with Gasteiger partial charge < -0.3 is 5.32 Å². The first kappa shape index (κ1) is 14.2. The summed E-state index contributed by atoms with van der Waals surface area (Å²) in [6, 6.07) is 5.91. The lowest BCUT2D eigenvalue weighted by atomic mass is 9.84. The van der Waals surface area contributed by atoms with Gasteiger partial charge in [-0.25, -0.2) is 0 Å². The summed E-state index contributed by atoms with van der Waals surface area (Å²) in [6.45, 7) is 2.18. The van der Waals surface area contributed by atoms with Crippen molar-refractivity contribution in [2.45, 2.75) is 51.2 Å². The Labute approximate surface area is 112 Å². The molecule has 1 aromatic carbocycles. The Morgan fingerprint density at radius 3 is 2.32 bits per heavy atom. The van der Waals surface area contributed by atoms with Crippen molar-refractivity contribution >= 4 is 5.69 Å². The summed E-state index contributed by atoms with van der Waals surface area (Å²) in [5.74, 6) is 0.746. The van der Waals surface area contributed by atoms with E-state index in [4.69, 9.17) is 0 Å². The Kier molecular flexibility index (Phi) is 4.38. The third-order valence-corrected chi connectivity index (χ3v) is 4.02. The van der Waals surface area contributed by atoms with Crippen molar-refractivity contribution in [1.29, 1.82) is 0 Å². The van der Waals surface area contributed by atoms with Crippen molar-refractivity contribution in [1.82, 2.24) is 0 Å². The number of halogens is 3. The highest BCUT2D eigenvalue weighted by atomic mass is 19.4. The first-order valence-corrected chi connectivity index (χ1v) is 6.93. The summed E-state index contributed by atoms with van der Waals surface area (Å²) in [4.78, 5) is 0. The van der Waals surface area contributed by atoms with Crippen LogP contribution in [0.15, 0.2) is 24.3 Å². The van der Waals surface area contributed by atoms with Crippen LogP contribution in [0.5, 0.6) is 0 Å². The Morgan fingerprint density at radius 2 is 1.74 bits per heavy atom. The van der Waals surface area contributed by atoms with Gasteiger partial charge in [0, 0.05) is 11.7 Å². The highest BCUT2D eigenvalue weighted by Crippen LogP contribution is 2.36. The molecule has 106 valence electrons. The second-order valence-corrected chi connectivity index (χ2v) is 5.31. The van der Waals surface area contributed by atoms with Crippen LogP contribution < -0.4 is 5.32 Å². The SMILES string of the molecule is CCC1CCC(Nc2ccccc2C(F)(F)F)CC1. The molecule has 0 heterocycles. The fourth-order valence-corrected chi connectivity index (χ4v) is 2.79. The number of nitrogens with one attached hydrogen (secondary N) is 1. The van der Waals surface area contributed by atoms with Gasteiger partial charge in [0.25, 0.3) is 0 Å². The minimum absolute atomic E-state index is 0.172. The molecule has 1 saturated carbocycles. The van der Waals surface area contributed by atoms with Gasteiger partial charge in [-0.15, -0.1) is 0 Å². The summed E-state index contributed by atoms with van der Waals surface area (Å²) in [5, 5.41) is 3.08. The van der Waals surface area contributed by atoms with Gasteiger partial charge in [-0.3, -0.25) is 0 Å². The van der Waals surface area contributed by atoms with Crippen LogP contribution in [0, 0.1) is 5.92 Å². The topological polar surface area (TPSA) is 12.0 Å². The van der Waals surface area contributed by atoms with Crippen LogP contribution in [0.3, 0.4) is 0 Å². The van der Waals surface area contributed by atoms with Crippen LogP contribution >= 0.6 is 0 Å². The number of anilines is 1. The van der Waals surface area contributed by atoms with Gasteiger partial charge in [-0.05, 0) is 43.7 Å². The molecule has 1 nitrogen and oxygen atoms in total. The van der Waals surface area contributed by atoms with Gasteiger partial charge in [0.15, 0.2) is 0 Å². The van der Waals surface area contributed by atoms with Crippen molar-refractivity contribution in [3.05, 3.63) is 29.8 Å². The van der Waals surface area contributed by atoms with E-state index in [9.17, 15) is 13.2 Å². The first-order chi connectivity index (χ1) is 9.00. The van der Waals surface area contributed by atoms with Crippen molar-refractivity contribution in [3.63, 3.8) is 0 Å². The van der Waals surface area contributed by atoms with Crippen molar-refractivity contribution in [2.75, 3.05) is 5.32 Å². The van der Waals surface area contributed by atoms with Gasteiger partial charge >= 0.3 is 6.18 Å². The lowest BCUT2D eigenvalue weighted by Gasteiger charge is -2.30. The minimum Gasteiger partial charge on any atom is -0.382 e. The predicted octanol–water partition coefficient (Wildman–Crippen LogP) is 5.09. The highest BCUT2D eigenvalue weighted by molar-refractivity contribution is 5.53. The molecule has 0 radical (unpaired) electrons. The monoisotopic (exact) mass is 271 g/mol. The smallest absolute Gasteiger partial charge is 0.382 e. The second-order valence-electron chi connectivity index (χ2n) is 5.31. The molecule has 0 unspecified atom stereocenters. The van der Waals surface area contributed by atoms with Crippen LogP contribution in [0.25, 0.3) is 0 Å². The number of benzene rings is 1. The predicted molar refractivity (Wildman–Crippen MR) is 71.1 cm³/mol. The van der Waals surface area contributed by atoms with Crippen LogP contribution in [0.1, 0.15) is 44.6 Å². The molecule has 1 aromatic rings. The van der Waals surface area contributed by atoms with Gasteiger partial charge in [0.2, 0.25) is 0 Å². The molecule has 0 aromatic heterocycles. The molecule has 0 spiro atoms. The van der Waals surface area contributed by atoms with Crippen molar-refractivity contribution < 1.29 is 13.2 Å². The van der Waals surface area contributed by atoms with E-state index in [2.05, 4.69) is 12.2 Å². The van der Waals surface area contributed by atoms with Crippen LogP contribution in [-0.2, 0) is 6.18 Å².